The van der Waals surface area contributed by atoms with E-state index in [1.54, 1.807) is 24.3 Å². The van der Waals surface area contributed by atoms with Crippen molar-refractivity contribution >= 4 is 10.1 Å². The highest BCUT2D eigenvalue weighted by Gasteiger charge is 2.60. The van der Waals surface area contributed by atoms with Gasteiger partial charge in [-0.2, -0.15) is 8.42 Å². The van der Waals surface area contributed by atoms with Gasteiger partial charge < -0.3 is 168 Å². The molecule has 15 saturated heterocycles. The van der Waals surface area contributed by atoms with Crippen LogP contribution in [-0.4, -0.2) is 367 Å². The molecule has 0 aromatic heterocycles. The lowest BCUT2D eigenvalue weighted by atomic mass is 9.95. The van der Waals surface area contributed by atoms with Crippen molar-refractivity contribution in [1.29, 1.82) is 0 Å². The maximum absolute atomic E-state index is 14.0. The lowest BCUT2D eigenvalue weighted by molar-refractivity contribution is -0.397. The van der Waals surface area contributed by atoms with Gasteiger partial charge >= 0.3 is 0 Å². The number of fused-ring (bicyclic) bond motifs is 2. The average molecular weight is 1360 g/mol. The summed E-state index contributed by atoms with van der Waals surface area (Å²) < 4.78 is 122. The zero-order chi connectivity index (χ0) is 66.6. The number of hydrogen-bond acceptors (Lipinski definition) is 37. The Labute approximate surface area is 527 Å². The van der Waals surface area contributed by atoms with Crippen LogP contribution in [0.2, 0.25) is 0 Å². The SMILES string of the molecule is O=S1(=O)OCC2OC3OC4C(CO)OC(OC5C(CO)OC(OC6C(CO)OC(OC7C(COCc8ccc(cc8)-c8ccc1cc8)OC(OC1C(CO)OC(OC8C(CO)OC(OC2C(O)C3O)C(O)C8O)C(O)C1O)C(O)C7O)C(O)C6O)C(O)C5O)C(O)C4O. The van der Waals surface area contributed by atoms with E-state index in [0.29, 0.717) is 16.7 Å². The minimum Gasteiger partial charge on any atom is -0.394 e. The predicted molar refractivity (Wildman–Crippen MR) is 289 cm³/mol. The summed E-state index contributed by atoms with van der Waals surface area (Å²) in [4.78, 5) is -0.438. The maximum Gasteiger partial charge on any atom is 0.297 e. The Balaban J connectivity index is 0.985. The second kappa shape index (κ2) is 29.8. The summed E-state index contributed by atoms with van der Waals surface area (Å²) in [6.07, 6.45) is -72.7. The van der Waals surface area contributed by atoms with Gasteiger partial charge in [-0.1, -0.05) is 36.4 Å². The van der Waals surface area contributed by atoms with Crippen LogP contribution in [0, 0.1) is 0 Å². The molecule has 20 bridgehead atoms. The number of rotatable bonds is 5. The summed E-state index contributed by atoms with van der Waals surface area (Å²) >= 11 is 0. The summed E-state index contributed by atoms with van der Waals surface area (Å²) in [6.45, 7) is -7.40. The highest BCUT2D eigenvalue weighted by atomic mass is 32.2. The van der Waals surface area contributed by atoms with E-state index in [-0.39, 0.29) is 6.61 Å². The number of aliphatic hydroxyl groups excluding tert-OH is 19. The smallest absolute Gasteiger partial charge is 0.297 e. The molecule has 28 aliphatic heterocycles. The lowest BCUT2D eigenvalue weighted by Gasteiger charge is -2.50. The van der Waals surface area contributed by atoms with Gasteiger partial charge in [0.15, 0.2) is 44.0 Å². The standard InChI is InChI=1S/C55H78O37S/c56-9-21-42-28(61)35(68)49(79-21)87-43-22(10-57)82-52(38(71)31(43)64)91-47-26-15-77-14-17-1-3-18(4-2-17)19-5-7-20(8-6-19)93(75,76)78-16-27-48(34(67)41(74)55(85-27)90-46-25(13-60)81-51(86-42)37(70)30(46)63)92-53-39(72)32(65)44(23(11-58)83-53)88-50-36(69)29(62)45(24(12-59)80-50)89-54(84-26)40(73)33(47)66/h1-8,21-74H,9-16H2. The topological polar surface area (TPSA) is 566 Å². The first-order chi connectivity index (χ1) is 44.4. The molecule has 37 nitrogen and oxygen atoms in total. The number of ether oxygens (including phenoxy) is 15. The van der Waals surface area contributed by atoms with E-state index in [4.69, 9.17) is 75.2 Å². The molecule has 30 rings (SSSR count). The van der Waals surface area contributed by atoms with Crippen LogP contribution in [-0.2, 0) is 92.0 Å². The maximum atomic E-state index is 14.0. The van der Waals surface area contributed by atoms with Crippen molar-refractivity contribution in [3.63, 3.8) is 0 Å². The van der Waals surface area contributed by atoms with Crippen LogP contribution in [0.25, 0.3) is 11.1 Å². The molecule has 0 saturated carbocycles. The predicted octanol–water partition coefficient (Wildman–Crippen LogP) is -11.6. The quantitative estimate of drug-likeness (QED) is 0.124. The Kier molecular flexibility index (Phi) is 22.9. The molecule has 0 amide bonds. The Morgan fingerprint density at radius 3 is 0.839 bits per heavy atom. The Morgan fingerprint density at radius 1 is 0.301 bits per heavy atom. The third-order valence-electron chi connectivity index (χ3n) is 17.8. The summed E-state index contributed by atoms with van der Waals surface area (Å²) in [7, 11) is -4.85. The molecule has 526 valence electrons. The monoisotopic (exact) mass is 1360 g/mol. The molecule has 28 aliphatic rings. The van der Waals surface area contributed by atoms with Crippen LogP contribution < -0.4 is 0 Å². The van der Waals surface area contributed by atoms with Crippen molar-refractivity contribution in [2.45, 2.75) is 226 Å². The van der Waals surface area contributed by atoms with Crippen LogP contribution in [0.3, 0.4) is 0 Å². The van der Waals surface area contributed by atoms with Crippen molar-refractivity contribution in [1.82, 2.24) is 0 Å². The van der Waals surface area contributed by atoms with Crippen molar-refractivity contribution in [3.05, 3.63) is 54.1 Å². The fraction of sp³-hybridized carbons (Fsp3) is 0.782. The van der Waals surface area contributed by atoms with Crippen molar-refractivity contribution in [2.75, 3.05) is 46.2 Å². The van der Waals surface area contributed by atoms with Crippen LogP contribution in [0.1, 0.15) is 5.56 Å². The second-order valence-corrected chi connectivity index (χ2v) is 25.4. The number of hydrogen-bond donors (Lipinski definition) is 19. The molecule has 0 radical (unpaired) electrons. The Bertz CT molecular complexity index is 2830. The Morgan fingerprint density at radius 2 is 0.548 bits per heavy atom. The van der Waals surface area contributed by atoms with E-state index >= 15 is 0 Å². The van der Waals surface area contributed by atoms with E-state index in [2.05, 4.69) is 0 Å². The van der Waals surface area contributed by atoms with Gasteiger partial charge in [-0.15, -0.1) is 0 Å². The highest BCUT2D eigenvalue weighted by molar-refractivity contribution is 7.86. The van der Waals surface area contributed by atoms with E-state index in [0.717, 1.165) is 0 Å². The molecule has 35 unspecified atom stereocenters. The molecule has 93 heavy (non-hydrogen) atoms. The first kappa shape index (κ1) is 71.3. The van der Waals surface area contributed by atoms with Crippen LogP contribution in [0.15, 0.2) is 53.4 Å². The average Bonchev–Trinajstić information content (AvgIpc) is 0.805. The summed E-state index contributed by atoms with van der Waals surface area (Å²) in [5.74, 6) is 0. The van der Waals surface area contributed by atoms with Crippen LogP contribution >= 0.6 is 0 Å². The fourth-order valence-corrected chi connectivity index (χ4v) is 13.4. The van der Waals surface area contributed by atoms with Crippen LogP contribution in [0.4, 0.5) is 0 Å². The van der Waals surface area contributed by atoms with Crippen LogP contribution in [0.5, 0.6) is 0 Å². The molecule has 38 heteroatoms. The molecule has 28 heterocycles. The second-order valence-electron chi connectivity index (χ2n) is 23.8. The largest absolute Gasteiger partial charge is 0.394 e. The summed E-state index contributed by atoms with van der Waals surface area (Å²) in [5.41, 5.74) is 1.53. The Hall–Kier alpha value is -3.01. The molecule has 19 N–H and O–H groups in total. The molecule has 2 aromatic rings. The highest BCUT2D eigenvalue weighted by Crippen LogP contribution is 2.40. The minimum absolute atomic E-state index is 0.224. The fourth-order valence-electron chi connectivity index (χ4n) is 12.5. The van der Waals surface area contributed by atoms with E-state index in [1.807, 2.05) is 0 Å². The van der Waals surface area contributed by atoms with Gasteiger partial charge in [0.2, 0.25) is 0 Å². The number of benzene rings is 2. The molecule has 2 aromatic carbocycles. The van der Waals surface area contributed by atoms with Crippen molar-refractivity contribution in [3.8, 4) is 11.1 Å². The zero-order valence-electron chi connectivity index (χ0n) is 48.7. The van der Waals surface area contributed by atoms with Gasteiger partial charge in [-0.05, 0) is 28.8 Å². The zero-order valence-corrected chi connectivity index (χ0v) is 49.6. The van der Waals surface area contributed by atoms with E-state index < -0.39 is 276 Å². The third-order valence-corrected chi connectivity index (χ3v) is 19.1. The van der Waals surface area contributed by atoms with Crippen molar-refractivity contribution in [2.24, 2.45) is 0 Å². The molecule has 15 fully saturated rings. The first-order valence-electron chi connectivity index (χ1n) is 29.8. The normalized spacial score (nSPS) is 49.3. The van der Waals surface area contributed by atoms with E-state index in [9.17, 15) is 105 Å². The molecule has 0 aliphatic carbocycles. The van der Waals surface area contributed by atoms with Gasteiger partial charge in [-0.3, -0.25) is 4.18 Å². The van der Waals surface area contributed by atoms with Gasteiger partial charge in [0, 0.05) is 0 Å². The molecular formula is C55H78O37S. The third kappa shape index (κ3) is 14.3. The van der Waals surface area contributed by atoms with Gasteiger partial charge in [0.1, 0.15) is 171 Å². The summed E-state index contributed by atoms with van der Waals surface area (Å²) in [5, 5.41) is 216. The molecule has 0 spiro atoms. The van der Waals surface area contributed by atoms with Crippen molar-refractivity contribution < 1.29 is 181 Å². The minimum atomic E-state index is -4.85. The van der Waals surface area contributed by atoms with E-state index in [1.165, 1.54) is 24.3 Å². The summed E-state index contributed by atoms with van der Waals surface area (Å²) in [6, 6.07) is 11.8. The van der Waals surface area contributed by atoms with Gasteiger partial charge in [0.25, 0.3) is 10.1 Å². The molecular weight excluding hydrogens is 1280 g/mol. The molecule has 35 atom stereocenters. The first-order valence-corrected chi connectivity index (χ1v) is 31.2. The lowest BCUT2D eigenvalue weighted by Crippen LogP contribution is -2.68. The number of aliphatic hydroxyl groups is 19. The van der Waals surface area contributed by atoms with Gasteiger partial charge in [0.05, 0.1) is 57.8 Å². The van der Waals surface area contributed by atoms with Gasteiger partial charge in [-0.25, -0.2) is 0 Å².